The van der Waals surface area contributed by atoms with Crippen molar-refractivity contribution in [2.24, 2.45) is 0 Å². The third-order valence-electron chi connectivity index (χ3n) is 2.11. The number of rotatable bonds is 5. The Morgan fingerprint density at radius 3 is 2.92 bits per heavy atom. The molecule has 0 fully saturated rings. The van der Waals surface area contributed by atoms with Crippen molar-refractivity contribution in [2.75, 3.05) is 0 Å². The molecule has 0 aromatic carbocycles. The number of carbonyl (C=O) groups is 1. The van der Waals surface area contributed by atoms with E-state index >= 15 is 0 Å². The highest BCUT2D eigenvalue weighted by Gasteiger charge is 2.20. The molecule has 1 aliphatic heterocycles. The first-order valence-corrected chi connectivity index (χ1v) is 4.83. The van der Waals surface area contributed by atoms with Gasteiger partial charge in [0.25, 0.3) is 0 Å². The van der Waals surface area contributed by atoms with Crippen LogP contribution >= 0.6 is 0 Å². The van der Waals surface area contributed by atoms with Gasteiger partial charge in [-0.15, -0.1) is 0 Å². The van der Waals surface area contributed by atoms with Gasteiger partial charge in [0.2, 0.25) is 0 Å². The van der Waals surface area contributed by atoms with Gasteiger partial charge in [0.15, 0.2) is 0 Å². The lowest BCUT2D eigenvalue weighted by molar-refractivity contribution is -0.137. The van der Waals surface area contributed by atoms with Gasteiger partial charge in [0.05, 0.1) is 6.42 Å². The number of aliphatic hydroxyl groups is 1. The van der Waals surface area contributed by atoms with Crippen LogP contribution in [0.3, 0.4) is 0 Å². The molecule has 0 amide bonds. The smallest absolute Gasteiger partial charge is 0.314 e. The molecule has 0 aliphatic carbocycles. The van der Waals surface area contributed by atoms with E-state index in [2.05, 4.69) is 6.92 Å². The number of carbonyl (C=O) groups excluding carboxylic acids is 1. The molecule has 0 radical (unpaired) electrons. The summed E-state index contributed by atoms with van der Waals surface area (Å²) < 4.78 is 4.83. The van der Waals surface area contributed by atoms with Gasteiger partial charge in [-0.2, -0.15) is 0 Å². The van der Waals surface area contributed by atoms with E-state index in [1.807, 2.05) is 0 Å². The Labute approximate surface area is 78.4 Å². The second-order valence-corrected chi connectivity index (χ2v) is 3.30. The number of esters is 1. The Balaban J connectivity index is 2.23. The summed E-state index contributed by atoms with van der Waals surface area (Å²) in [5, 5.41) is 9.55. The minimum atomic E-state index is -0.585. The SMILES string of the molecule is CCCCCC(O)C1=CCC(=O)O1. The largest absolute Gasteiger partial charge is 0.428 e. The molecule has 0 bridgehead atoms. The highest BCUT2D eigenvalue weighted by atomic mass is 16.5. The van der Waals surface area contributed by atoms with Gasteiger partial charge in [-0.25, -0.2) is 0 Å². The lowest BCUT2D eigenvalue weighted by atomic mass is 10.1. The predicted octanol–water partition coefficient (Wildman–Crippen LogP) is 1.76. The summed E-state index contributed by atoms with van der Waals surface area (Å²) in [6, 6.07) is 0. The molecule has 3 heteroatoms. The molecule has 1 rings (SSSR count). The monoisotopic (exact) mass is 184 g/mol. The Morgan fingerprint density at radius 2 is 2.38 bits per heavy atom. The van der Waals surface area contributed by atoms with E-state index in [-0.39, 0.29) is 5.97 Å². The average Bonchev–Trinajstić information content (AvgIpc) is 2.52. The third-order valence-corrected chi connectivity index (χ3v) is 2.11. The van der Waals surface area contributed by atoms with E-state index in [0.717, 1.165) is 19.3 Å². The van der Waals surface area contributed by atoms with Crippen molar-refractivity contribution >= 4 is 5.97 Å². The number of unbranched alkanes of at least 4 members (excludes halogenated alkanes) is 2. The summed E-state index contributed by atoms with van der Waals surface area (Å²) in [6.07, 6.45) is 5.29. The summed E-state index contributed by atoms with van der Waals surface area (Å²) in [4.78, 5) is 10.7. The Morgan fingerprint density at radius 1 is 1.62 bits per heavy atom. The van der Waals surface area contributed by atoms with Gasteiger partial charge < -0.3 is 9.84 Å². The molecule has 74 valence electrons. The predicted molar refractivity (Wildman–Crippen MR) is 48.9 cm³/mol. The standard InChI is InChI=1S/C10H16O3/c1-2-3-4-5-8(11)9-6-7-10(12)13-9/h6,8,11H,2-5,7H2,1H3. The van der Waals surface area contributed by atoms with Gasteiger partial charge in [0, 0.05) is 0 Å². The highest BCUT2D eigenvalue weighted by Crippen LogP contribution is 2.18. The minimum absolute atomic E-state index is 0.260. The molecule has 0 aromatic heterocycles. The van der Waals surface area contributed by atoms with Crippen LogP contribution < -0.4 is 0 Å². The summed E-state index contributed by atoms with van der Waals surface area (Å²) >= 11 is 0. The normalized spacial score (nSPS) is 18.3. The molecule has 3 nitrogen and oxygen atoms in total. The molecule has 13 heavy (non-hydrogen) atoms. The number of hydrogen-bond donors (Lipinski definition) is 1. The lowest BCUT2D eigenvalue weighted by Gasteiger charge is -2.10. The van der Waals surface area contributed by atoms with Crippen molar-refractivity contribution in [3.05, 3.63) is 11.8 Å². The fourth-order valence-electron chi connectivity index (χ4n) is 1.33. The first kappa shape index (κ1) is 10.3. The van der Waals surface area contributed by atoms with Crippen LogP contribution in [0.2, 0.25) is 0 Å². The van der Waals surface area contributed by atoms with Crippen molar-refractivity contribution in [1.29, 1.82) is 0 Å². The molecule has 1 heterocycles. The average molecular weight is 184 g/mol. The van der Waals surface area contributed by atoms with Gasteiger partial charge in [-0.1, -0.05) is 26.2 Å². The molecule has 1 atom stereocenters. The second-order valence-electron chi connectivity index (χ2n) is 3.30. The molecule has 0 aromatic rings. The Hall–Kier alpha value is -0.830. The molecule has 0 spiro atoms. The van der Waals surface area contributed by atoms with E-state index in [4.69, 9.17) is 4.74 Å². The second kappa shape index (κ2) is 5.02. The maximum absolute atomic E-state index is 10.7. The zero-order valence-electron chi connectivity index (χ0n) is 7.95. The van der Waals surface area contributed by atoms with E-state index < -0.39 is 6.10 Å². The van der Waals surface area contributed by atoms with Crippen LogP contribution in [0.1, 0.15) is 39.0 Å². The molecule has 1 unspecified atom stereocenters. The van der Waals surface area contributed by atoms with E-state index in [1.165, 1.54) is 0 Å². The van der Waals surface area contributed by atoms with Crippen molar-refractivity contribution in [3.63, 3.8) is 0 Å². The van der Waals surface area contributed by atoms with Crippen LogP contribution in [-0.4, -0.2) is 17.2 Å². The number of cyclic esters (lactones) is 1. The van der Waals surface area contributed by atoms with Crippen molar-refractivity contribution < 1.29 is 14.6 Å². The van der Waals surface area contributed by atoms with Crippen LogP contribution in [0.4, 0.5) is 0 Å². The molecule has 0 saturated heterocycles. The van der Waals surface area contributed by atoms with E-state index in [9.17, 15) is 9.90 Å². The Bertz CT molecular complexity index is 208. The zero-order chi connectivity index (χ0) is 9.68. The lowest BCUT2D eigenvalue weighted by Crippen LogP contribution is -2.11. The van der Waals surface area contributed by atoms with Crippen LogP contribution in [0.15, 0.2) is 11.8 Å². The fourth-order valence-corrected chi connectivity index (χ4v) is 1.33. The number of ether oxygens (including phenoxy) is 1. The summed E-state index contributed by atoms with van der Waals surface area (Å²) in [6.45, 7) is 2.11. The van der Waals surface area contributed by atoms with Gasteiger partial charge in [-0.05, 0) is 12.5 Å². The first-order chi connectivity index (χ1) is 6.24. The number of hydrogen-bond acceptors (Lipinski definition) is 3. The van der Waals surface area contributed by atoms with Crippen molar-refractivity contribution in [2.45, 2.75) is 45.1 Å². The molecule has 0 saturated carbocycles. The maximum Gasteiger partial charge on any atom is 0.314 e. The molecular formula is C10H16O3. The third kappa shape index (κ3) is 3.19. The summed E-state index contributed by atoms with van der Waals surface area (Å²) in [5.74, 6) is 0.186. The van der Waals surface area contributed by atoms with Gasteiger partial charge >= 0.3 is 5.97 Å². The van der Waals surface area contributed by atoms with Gasteiger partial charge in [0.1, 0.15) is 11.9 Å². The Kier molecular flexibility index (Phi) is 3.96. The fraction of sp³-hybridized carbons (Fsp3) is 0.700. The summed E-state index contributed by atoms with van der Waals surface area (Å²) in [7, 11) is 0. The maximum atomic E-state index is 10.7. The van der Waals surface area contributed by atoms with E-state index in [0.29, 0.717) is 18.6 Å². The zero-order valence-corrected chi connectivity index (χ0v) is 7.95. The van der Waals surface area contributed by atoms with Crippen LogP contribution in [0.5, 0.6) is 0 Å². The van der Waals surface area contributed by atoms with E-state index in [1.54, 1.807) is 6.08 Å². The molecule has 1 aliphatic rings. The minimum Gasteiger partial charge on any atom is -0.428 e. The molecular weight excluding hydrogens is 168 g/mol. The van der Waals surface area contributed by atoms with Crippen LogP contribution in [0.25, 0.3) is 0 Å². The summed E-state index contributed by atoms with van der Waals surface area (Å²) in [5.41, 5.74) is 0. The number of aliphatic hydroxyl groups excluding tert-OH is 1. The quantitative estimate of drug-likeness (QED) is 0.523. The van der Waals surface area contributed by atoms with Crippen LogP contribution in [0, 0.1) is 0 Å². The topological polar surface area (TPSA) is 46.5 Å². The molecule has 1 N–H and O–H groups in total. The van der Waals surface area contributed by atoms with Crippen LogP contribution in [-0.2, 0) is 9.53 Å². The van der Waals surface area contributed by atoms with Crippen molar-refractivity contribution in [3.8, 4) is 0 Å². The first-order valence-electron chi connectivity index (χ1n) is 4.83. The highest BCUT2D eigenvalue weighted by molar-refractivity contribution is 5.75. The van der Waals surface area contributed by atoms with Gasteiger partial charge in [-0.3, -0.25) is 4.79 Å². The van der Waals surface area contributed by atoms with Crippen molar-refractivity contribution in [1.82, 2.24) is 0 Å².